The number of morpholine rings is 1. The molecule has 4 rings (SSSR count). The standard InChI is InChI=1S/C24H33N3O4S/c1-18-22(26-23(32-18)27-11-14-29-15-12-27)10-13-30-21-9-5-6-19(16-21)17-31-24(28)25-20-7-3-2-4-8-20/h5-6,9,16,20H,2-4,7-8,10-15,17H2,1H3,(H,25,28). The highest BCUT2D eigenvalue weighted by Crippen LogP contribution is 2.27. The van der Waals surface area contributed by atoms with Crippen molar-refractivity contribution in [2.45, 2.75) is 58.1 Å². The number of aryl methyl sites for hydroxylation is 1. The molecular weight excluding hydrogens is 426 g/mol. The van der Waals surface area contributed by atoms with Crippen molar-refractivity contribution in [3.63, 3.8) is 0 Å². The summed E-state index contributed by atoms with van der Waals surface area (Å²) in [5.74, 6) is 0.778. The van der Waals surface area contributed by atoms with E-state index in [1.807, 2.05) is 24.3 Å². The average molecular weight is 460 g/mol. The van der Waals surface area contributed by atoms with Crippen molar-refractivity contribution in [3.05, 3.63) is 40.4 Å². The second-order valence-electron chi connectivity index (χ2n) is 8.40. The van der Waals surface area contributed by atoms with Crippen molar-refractivity contribution in [2.24, 2.45) is 0 Å². The zero-order valence-electron chi connectivity index (χ0n) is 18.8. The minimum Gasteiger partial charge on any atom is -0.493 e. The summed E-state index contributed by atoms with van der Waals surface area (Å²) in [6.07, 6.45) is 6.14. The molecule has 1 amide bonds. The fourth-order valence-electron chi connectivity index (χ4n) is 4.13. The third-order valence-corrected chi connectivity index (χ3v) is 7.04. The van der Waals surface area contributed by atoms with E-state index in [-0.39, 0.29) is 18.7 Å². The van der Waals surface area contributed by atoms with Gasteiger partial charge in [0.1, 0.15) is 12.4 Å². The molecule has 1 N–H and O–H groups in total. The number of anilines is 1. The predicted molar refractivity (Wildman–Crippen MR) is 126 cm³/mol. The molecular formula is C24H33N3O4S. The van der Waals surface area contributed by atoms with Crippen molar-refractivity contribution in [1.82, 2.24) is 10.3 Å². The Bertz CT molecular complexity index is 876. The third-order valence-electron chi connectivity index (χ3n) is 5.97. The number of aromatic nitrogens is 1. The van der Waals surface area contributed by atoms with E-state index >= 15 is 0 Å². The van der Waals surface area contributed by atoms with Crippen molar-refractivity contribution < 1.29 is 19.0 Å². The highest BCUT2D eigenvalue weighted by molar-refractivity contribution is 7.15. The molecule has 174 valence electrons. The van der Waals surface area contributed by atoms with Crippen molar-refractivity contribution in [2.75, 3.05) is 37.8 Å². The largest absolute Gasteiger partial charge is 0.493 e. The number of carbonyl (C=O) groups excluding carboxylic acids is 1. The lowest BCUT2D eigenvalue weighted by atomic mass is 9.96. The number of ether oxygens (including phenoxy) is 3. The van der Waals surface area contributed by atoms with Gasteiger partial charge in [0.2, 0.25) is 0 Å². The number of hydrogen-bond acceptors (Lipinski definition) is 7. The van der Waals surface area contributed by atoms with Gasteiger partial charge in [0.15, 0.2) is 5.13 Å². The van der Waals surface area contributed by atoms with Gasteiger partial charge in [0.25, 0.3) is 0 Å². The van der Waals surface area contributed by atoms with Gasteiger partial charge in [-0.05, 0) is 37.5 Å². The van der Waals surface area contributed by atoms with Crippen molar-refractivity contribution in [1.29, 1.82) is 0 Å². The van der Waals surface area contributed by atoms with Crippen LogP contribution in [0.4, 0.5) is 9.93 Å². The topological polar surface area (TPSA) is 72.9 Å². The van der Waals surface area contributed by atoms with Crippen molar-refractivity contribution in [3.8, 4) is 5.75 Å². The van der Waals surface area contributed by atoms with E-state index in [0.717, 1.165) is 67.7 Å². The summed E-state index contributed by atoms with van der Waals surface area (Å²) in [6.45, 7) is 6.24. The van der Waals surface area contributed by atoms with Gasteiger partial charge in [0.05, 0.1) is 25.5 Å². The summed E-state index contributed by atoms with van der Waals surface area (Å²) in [5, 5.41) is 4.05. The number of benzene rings is 1. The van der Waals surface area contributed by atoms with Crippen LogP contribution in [0.5, 0.6) is 5.75 Å². The van der Waals surface area contributed by atoms with Crippen LogP contribution in [0.15, 0.2) is 24.3 Å². The maximum Gasteiger partial charge on any atom is 0.407 e. The third kappa shape index (κ3) is 6.59. The first-order valence-electron chi connectivity index (χ1n) is 11.6. The number of alkyl carbamates (subject to hydrolysis) is 1. The molecule has 2 fully saturated rings. The van der Waals surface area contributed by atoms with Gasteiger partial charge in [-0.1, -0.05) is 31.4 Å². The zero-order chi connectivity index (χ0) is 22.2. The van der Waals surface area contributed by atoms with Crippen LogP contribution < -0.4 is 15.0 Å². The Morgan fingerprint density at radius 3 is 2.88 bits per heavy atom. The predicted octanol–water partition coefficient (Wildman–Crippen LogP) is 4.47. The summed E-state index contributed by atoms with van der Waals surface area (Å²) >= 11 is 1.74. The van der Waals surface area contributed by atoms with Crippen LogP contribution in [0.2, 0.25) is 0 Å². The monoisotopic (exact) mass is 459 g/mol. The summed E-state index contributed by atoms with van der Waals surface area (Å²) in [5.41, 5.74) is 2.01. The maximum absolute atomic E-state index is 12.1. The number of hydrogen-bond donors (Lipinski definition) is 1. The molecule has 8 heteroatoms. The summed E-state index contributed by atoms with van der Waals surface area (Å²) in [4.78, 5) is 20.4. The highest BCUT2D eigenvalue weighted by Gasteiger charge is 2.18. The van der Waals surface area contributed by atoms with Gasteiger partial charge in [-0.25, -0.2) is 9.78 Å². The minimum absolute atomic E-state index is 0.240. The number of carbonyl (C=O) groups is 1. The lowest BCUT2D eigenvalue weighted by Gasteiger charge is -2.26. The molecule has 1 saturated carbocycles. The summed E-state index contributed by atoms with van der Waals surface area (Å²) < 4.78 is 16.8. The molecule has 0 spiro atoms. The molecule has 1 aromatic carbocycles. The van der Waals surface area contributed by atoms with Crippen LogP contribution in [0.25, 0.3) is 0 Å². The smallest absolute Gasteiger partial charge is 0.407 e. The van der Waals surface area contributed by atoms with Gasteiger partial charge < -0.3 is 24.4 Å². The Labute approximate surface area is 194 Å². The van der Waals surface area contributed by atoms with Gasteiger partial charge in [0, 0.05) is 30.4 Å². The molecule has 2 heterocycles. The van der Waals surface area contributed by atoms with E-state index in [1.165, 1.54) is 24.1 Å². The molecule has 2 aliphatic rings. The van der Waals surface area contributed by atoms with Gasteiger partial charge in [-0.3, -0.25) is 0 Å². The highest BCUT2D eigenvalue weighted by atomic mass is 32.1. The molecule has 0 atom stereocenters. The normalized spacial score (nSPS) is 17.2. The van der Waals surface area contributed by atoms with Crippen LogP contribution in [-0.2, 0) is 22.5 Å². The Balaban J connectivity index is 1.22. The summed E-state index contributed by atoms with van der Waals surface area (Å²) in [6, 6.07) is 7.99. The second-order valence-corrected chi connectivity index (χ2v) is 9.58. The van der Waals surface area contributed by atoms with E-state index in [9.17, 15) is 4.79 Å². The van der Waals surface area contributed by atoms with Crippen LogP contribution in [0.1, 0.15) is 48.2 Å². The SMILES string of the molecule is Cc1sc(N2CCOCC2)nc1CCOc1cccc(COC(=O)NC2CCCCC2)c1. The fraction of sp³-hybridized carbons (Fsp3) is 0.583. The molecule has 0 unspecified atom stereocenters. The second kappa shape index (κ2) is 11.5. The zero-order valence-corrected chi connectivity index (χ0v) is 19.6. The van der Waals surface area contributed by atoms with Gasteiger partial charge in [-0.15, -0.1) is 11.3 Å². The van der Waals surface area contributed by atoms with Crippen LogP contribution in [0.3, 0.4) is 0 Å². The molecule has 2 aromatic rings. The number of nitrogens with one attached hydrogen (secondary N) is 1. The molecule has 7 nitrogen and oxygen atoms in total. The molecule has 1 aliphatic heterocycles. The first kappa shape index (κ1) is 22.9. The first-order valence-corrected chi connectivity index (χ1v) is 12.4. The summed E-state index contributed by atoms with van der Waals surface area (Å²) in [7, 11) is 0. The van der Waals surface area contributed by atoms with E-state index in [4.69, 9.17) is 19.2 Å². The van der Waals surface area contributed by atoms with E-state index in [1.54, 1.807) is 11.3 Å². The molecule has 1 aliphatic carbocycles. The minimum atomic E-state index is -0.335. The Morgan fingerprint density at radius 2 is 2.06 bits per heavy atom. The molecule has 0 bridgehead atoms. The number of nitrogens with zero attached hydrogens (tertiary/aromatic N) is 2. The Hall–Kier alpha value is -2.32. The van der Waals surface area contributed by atoms with E-state index in [2.05, 4.69) is 17.1 Å². The number of amides is 1. The van der Waals surface area contributed by atoms with E-state index in [0.29, 0.717) is 6.61 Å². The first-order chi connectivity index (χ1) is 15.7. The molecule has 1 saturated heterocycles. The molecule has 32 heavy (non-hydrogen) atoms. The van der Waals surface area contributed by atoms with E-state index < -0.39 is 0 Å². The van der Waals surface area contributed by atoms with Crippen LogP contribution in [0, 0.1) is 6.92 Å². The fourth-order valence-corrected chi connectivity index (χ4v) is 5.14. The van der Waals surface area contributed by atoms with Crippen LogP contribution >= 0.6 is 11.3 Å². The lowest BCUT2D eigenvalue weighted by Crippen LogP contribution is -2.36. The molecule has 1 aromatic heterocycles. The number of rotatable bonds is 8. The quantitative estimate of drug-likeness (QED) is 0.628. The Morgan fingerprint density at radius 1 is 1.25 bits per heavy atom. The molecule has 0 radical (unpaired) electrons. The maximum atomic E-state index is 12.1. The number of thiazole rings is 1. The van der Waals surface area contributed by atoms with Crippen molar-refractivity contribution >= 4 is 22.6 Å². The van der Waals surface area contributed by atoms with Crippen LogP contribution in [-0.4, -0.2) is 50.0 Å². The Kier molecular flexibility index (Phi) is 8.23. The lowest BCUT2D eigenvalue weighted by molar-refractivity contribution is 0.122. The average Bonchev–Trinajstić information content (AvgIpc) is 3.20. The van der Waals surface area contributed by atoms with Gasteiger partial charge in [-0.2, -0.15) is 0 Å². The van der Waals surface area contributed by atoms with Gasteiger partial charge >= 0.3 is 6.09 Å².